The Labute approximate surface area is 204 Å². The number of nitrogens with one attached hydrogen (secondary N) is 2. The topological polar surface area (TPSA) is 108 Å². The Hall–Kier alpha value is -3.01. The van der Waals surface area contributed by atoms with Crippen LogP contribution in [-0.4, -0.2) is 71.4 Å². The summed E-state index contributed by atoms with van der Waals surface area (Å²) >= 11 is 0. The van der Waals surface area contributed by atoms with Crippen LogP contribution in [0.3, 0.4) is 0 Å². The number of amides is 4. The number of halogens is 1. The van der Waals surface area contributed by atoms with Gasteiger partial charge in [0.25, 0.3) is 5.91 Å². The summed E-state index contributed by atoms with van der Waals surface area (Å²) in [7, 11) is 0. The Bertz CT molecular complexity index is 1030. The van der Waals surface area contributed by atoms with Crippen LogP contribution >= 0.6 is 0 Å². The van der Waals surface area contributed by atoms with Gasteiger partial charge in [0, 0.05) is 31.6 Å². The molecule has 0 bridgehead atoms. The van der Waals surface area contributed by atoms with Gasteiger partial charge in [0.05, 0.1) is 0 Å². The van der Waals surface area contributed by atoms with Crippen LogP contribution in [0.1, 0.15) is 73.9 Å². The fourth-order valence-corrected chi connectivity index (χ4v) is 5.12. The number of carbonyl (C=O) groups is 4. The average Bonchev–Trinajstić information content (AvgIpc) is 3.09. The number of carbonyl (C=O) groups excluding carboxylic acids is 4. The van der Waals surface area contributed by atoms with Crippen LogP contribution in [0.4, 0.5) is 9.18 Å². The molecular weight excluding hydrogens is 455 g/mol. The molecular formula is C25H33FN4O5. The van der Waals surface area contributed by atoms with E-state index in [0.717, 1.165) is 37.1 Å². The van der Waals surface area contributed by atoms with Gasteiger partial charge in [0.15, 0.2) is 0 Å². The number of rotatable bonds is 5. The zero-order valence-electron chi connectivity index (χ0n) is 20.5. The van der Waals surface area contributed by atoms with E-state index in [1.807, 2.05) is 20.8 Å². The van der Waals surface area contributed by atoms with Crippen LogP contribution in [0.5, 0.6) is 0 Å². The number of fused-ring (bicyclic) bond motifs is 1. The third-order valence-corrected chi connectivity index (χ3v) is 6.78. The second-order valence-electron chi connectivity index (χ2n) is 10.5. The first-order valence-corrected chi connectivity index (χ1v) is 12.2. The minimum atomic E-state index is -0.720. The van der Waals surface area contributed by atoms with Crippen molar-refractivity contribution in [1.82, 2.24) is 20.4 Å². The van der Waals surface area contributed by atoms with Gasteiger partial charge in [-0.2, -0.15) is 0 Å². The summed E-state index contributed by atoms with van der Waals surface area (Å²) in [6.45, 7) is 8.44. The molecule has 10 heteroatoms. The van der Waals surface area contributed by atoms with Gasteiger partial charge in [0.2, 0.25) is 11.8 Å². The van der Waals surface area contributed by atoms with E-state index in [4.69, 9.17) is 4.74 Å². The highest BCUT2D eigenvalue weighted by atomic mass is 19.1. The molecule has 35 heavy (non-hydrogen) atoms. The van der Waals surface area contributed by atoms with E-state index < -0.39 is 29.5 Å². The summed E-state index contributed by atoms with van der Waals surface area (Å²) in [5.74, 6) is -1.53. The zero-order chi connectivity index (χ0) is 25.3. The van der Waals surface area contributed by atoms with E-state index in [-0.39, 0.29) is 37.1 Å². The van der Waals surface area contributed by atoms with Crippen molar-refractivity contribution in [2.75, 3.05) is 26.2 Å². The van der Waals surface area contributed by atoms with Crippen molar-refractivity contribution in [3.63, 3.8) is 0 Å². The zero-order valence-corrected chi connectivity index (χ0v) is 20.5. The lowest BCUT2D eigenvalue weighted by Gasteiger charge is -2.33. The normalized spacial score (nSPS) is 21.7. The smallest absolute Gasteiger partial charge is 0.407 e. The molecule has 1 unspecified atom stereocenters. The molecule has 0 aliphatic carbocycles. The van der Waals surface area contributed by atoms with Gasteiger partial charge in [-0.3, -0.25) is 19.7 Å². The second kappa shape index (κ2) is 9.93. The molecule has 1 atom stereocenters. The third-order valence-electron chi connectivity index (χ3n) is 6.78. The fourth-order valence-electron chi connectivity index (χ4n) is 5.12. The monoisotopic (exact) mass is 488 g/mol. The number of likely N-dealkylation sites (tertiary alicyclic amines) is 1. The van der Waals surface area contributed by atoms with Gasteiger partial charge in [0.1, 0.15) is 17.5 Å². The Morgan fingerprint density at radius 1 is 1.17 bits per heavy atom. The van der Waals surface area contributed by atoms with Crippen molar-refractivity contribution in [3.8, 4) is 0 Å². The molecule has 0 saturated carbocycles. The number of piperidine rings is 2. The molecule has 3 heterocycles. The number of benzene rings is 1. The van der Waals surface area contributed by atoms with Crippen LogP contribution in [-0.2, 0) is 20.9 Å². The Kier molecular flexibility index (Phi) is 7.12. The van der Waals surface area contributed by atoms with Crippen LogP contribution in [0.15, 0.2) is 12.1 Å². The second-order valence-corrected chi connectivity index (χ2v) is 10.5. The standard InChI is InChI=1S/C25H33FN4O5/c1-25(2,3)35-24(34)27-8-11-29-9-6-15(7-10-29)17-12-16(26)13-18-19(17)14-30(23(18)33)20-4-5-21(31)28-22(20)32/h12-13,15,20H,4-11,14H2,1-3H3,(H,27,34)(H,28,31,32). The number of ether oxygens (including phenoxy) is 1. The van der Waals surface area contributed by atoms with Crippen LogP contribution in [0.25, 0.3) is 0 Å². The lowest BCUT2D eigenvalue weighted by Crippen LogP contribution is -2.52. The van der Waals surface area contributed by atoms with Gasteiger partial charge in [-0.25, -0.2) is 9.18 Å². The first kappa shape index (κ1) is 25.1. The van der Waals surface area contributed by atoms with Crippen molar-refractivity contribution in [2.24, 2.45) is 0 Å². The minimum absolute atomic E-state index is 0.101. The molecule has 190 valence electrons. The molecule has 0 spiro atoms. The molecule has 4 amide bonds. The summed E-state index contributed by atoms with van der Waals surface area (Å²) in [4.78, 5) is 52.4. The maximum Gasteiger partial charge on any atom is 0.407 e. The summed E-state index contributed by atoms with van der Waals surface area (Å²) in [5, 5.41) is 5.07. The van der Waals surface area contributed by atoms with Crippen molar-refractivity contribution in [2.45, 2.75) is 70.6 Å². The summed E-state index contributed by atoms with van der Waals surface area (Å²) < 4.78 is 19.8. The molecule has 1 aromatic rings. The average molecular weight is 489 g/mol. The van der Waals surface area contributed by atoms with Gasteiger partial charge >= 0.3 is 6.09 Å². The molecule has 3 aliphatic rings. The van der Waals surface area contributed by atoms with Crippen molar-refractivity contribution < 1.29 is 28.3 Å². The Morgan fingerprint density at radius 3 is 2.54 bits per heavy atom. The molecule has 9 nitrogen and oxygen atoms in total. The first-order valence-electron chi connectivity index (χ1n) is 12.2. The van der Waals surface area contributed by atoms with E-state index in [0.29, 0.717) is 18.7 Å². The number of alkyl carbamates (subject to hydrolysis) is 1. The molecule has 2 N–H and O–H groups in total. The molecule has 0 radical (unpaired) electrons. The van der Waals surface area contributed by atoms with Crippen LogP contribution in [0, 0.1) is 5.82 Å². The summed E-state index contributed by atoms with van der Waals surface area (Å²) in [5.41, 5.74) is 1.39. The molecule has 4 rings (SSSR count). The fraction of sp³-hybridized carbons (Fsp3) is 0.600. The van der Waals surface area contributed by atoms with E-state index >= 15 is 0 Å². The van der Waals surface area contributed by atoms with Crippen molar-refractivity contribution in [3.05, 3.63) is 34.6 Å². The highest BCUT2D eigenvalue weighted by Crippen LogP contribution is 2.37. The number of nitrogens with zero attached hydrogens (tertiary/aromatic N) is 2. The number of hydrogen-bond acceptors (Lipinski definition) is 6. The van der Waals surface area contributed by atoms with Gasteiger partial charge in [-0.05, 0) is 82.3 Å². The maximum absolute atomic E-state index is 14.5. The number of hydrogen-bond donors (Lipinski definition) is 2. The predicted octanol–water partition coefficient (Wildman–Crippen LogP) is 2.29. The molecule has 1 aromatic carbocycles. The Balaban J connectivity index is 1.37. The molecule has 3 aliphatic heterocycles. The van der Waals surface area contributed by atoms with E-state index in [1.165, 1.54) is 17.0 Å². The predicted molar refractivity (Wildman–Crippen MR) is 125 cm³/mol. The minimum Gasteiger partial charge on any atom is -0.444 e. The van der Waals surface area contributed by atoms with Crippen LogP contribution in [0.2, 0.25) is 0 Å². The van der Waals surface area contributed by atoms with Crippen molar-refractivity contribution in [1.29, 1.82) is 0 Å². The SMILES string of the molecule is CC(C)(C)OC(=O)NCCN1CCC(c2cc(F)cc3c2CN(C2CCC(=O)NC2=O)C3=O)CC1. The third kappa shape index (κ3) is 5.80. The summed E-state index contributed by atoms with van der Waals surface area (Å²) in [6, 6.07) is 2.05. The molecule has 2 fully saturated rings. The molecule has 2 saturated heterocycles. The van der Waals surface area contributed by atoms with E-state index in [9.17, 15) is 23.6 Å². The van der Waals surface area contributed by atoms with Gasteiger partial charge < -0.3 is 19.9 Å². The highest BCUT2D eigenvalue weighted by molar-refractivity contribution is 6.05. The molecule has 0 aromatic heterocycles. The first-order chi connectivity index (χ1) is 16.5. The maximum atomic E-state index is 14.5. The highest BCUT2D eigenvalue weighted by Gasteiger charge is 2.41. The van der Waals surface area contributed by atoms with E-state index in [1.54, 1.807) is 0 Å². The lowest BCUT2D eigenvalue weighted by molar-refractivity contribution is -0.136. The largest absolute Gasteiger partial charge is 0.444 e. The quantitative estimate of drug-likeness (QED) is 0.616. The van der Waals surface area contributed by atoms with Crippen LogP contribution < -0.4 is 10.6 Å². The number of imide groups is 1. The van der Waals surface area contributed by atoms with Gasteiger partial charge in [-0.1, -0.05) is 0 Å². The summed E-state index contributed by atoms with van der Waals surface area (Å²) in [6.07, 6.45) is 1.62. The lowest BCUT2D eigenvalue weighted by atomic mass is 9.85. The van der Waals surface area contributed by atoms with E-state index in [2.05, 4.69) is 15.5 Å². The Morgan fingerprint density at radius 2 is 1.89 bits per heavy atom. The van der Waals surface area contributed by atoms with Crippen molar-refractivity contribution >= 4 is 23.8 Å². The van der Waals surface area contributed by atoms with Gasteiger partial charge in [-0.15, -0.1) is 0 Å².